The maximum atomic E-state index is 12.3. The van der Waals surface area contributed by atoms with Crippen molar-refractivity contribution in [3.05, 3.63) is 0 Å². The number of rotatable bonds is 3. The zero-order valence-electron chi connectivity index (χ0n) is 12.8. The van der Waals surface area contributed by atoms with Crippen LogP contribution in [0, 0.1) is 0 Å². The lowest BCUT2D eigenvalue weighted by atomic mass is 9.79. The Morgan fingerprint density at radius 2 is 1.95 bits per heavy atom. The molecule has 2 heterocycles. The molecule has 3 fully saturated rings. The molecule has 0 spiro atoms. The summed E-state index contributed by atoms with van der Waals surface area (Å²) in [6.07, 6.45) is 6.12. The standard InChI is InChI=1S/C15H25N3O2S/c1-12-13(19)18(14(21)16-12)11-15(5-3-2-4-6-15)17-7-9-20-10-8-17/h12H,2-11H2,1H3,(H,16,21)/t12-/m0/s1. The number of hydrogen-bond donors (Lipinski definition) is 1. The number of nitrogens with zero attached hydrogens (tertiary/aromatic N) is 2. The molecule has 6 heteroatoms. The van der Waals surface area contributed by atoms with E-state index in [1.165, 1.54) is 19.3 Å². The molecule has 5 nitrogen and oxygen atoms in total. The van der Waals surface area contributed by atoms with Crippen molar-refractivity contribution in [2.24, 2.45) is 0 Å². The van der Waals surface area contributed by atoms with Gasteiger partial charge < -0.3 is 10.1 Å². The van der Waals surface area contributed by atoms with Crippen LogP contribution in [0.2, 0.25) is 0 Å². The molecule has 0 aromatic carbocycles. The fraction of sp³-hybridized carbons (Fsp3) is 0.867. The van der Waals surface area contributed by atoms with Gasteiger partial charge in [0.2, 0.25) is 0 Å². The Hall–Kier alpha value is -0.720. The molecule has 1 aliphatic carbocycles. The van der Waals surface area contributed by atoms with Crippen molar-refractivity contribution in [2.75, 3.05) is 32.8 Å². The molecule has 1 saturated carbocycles. The SMILES string of the molecule is C[C@@H]1NC(=S)N(CC2(N3CCOCC3)CCCCC2)C1=O. The van der Waals surface area contributed by atoms with Gasteiger partial charge in [0.1, 0.15) is 6.04 Å². The Morgan fingerprint density at radius 3 is 2.52 bits per heavy atom. The Balaban J connectivity index is 1.79. The normalized spacial score (nSPS) is 30.5. The highest BCUT2D eigenvalue weighted by atomic mass is 32.1. The van der Waals surface area contributed by atoms with Crippen LogP contribution in [0.15, 0.2) is 0 Å². The first kappa shape index (κ1) is 15.2. The Labute approximate surface area is 132 Å². The molecule has 2 saturated heterocycles. The number of ether oxygens (including phenoxy) is 1. The summed E-state index contributed by atoms with van der Waals surface area (Å²) in [6.45, 7) is 6.16. The average Bonchev–Trinajstić information content (AvgIpc) is 2.75. The highest BCUT2D eigenvalue weighted by Crippen LogP contribution is 2.35. The minimum Gasteiger partial charge on any atom is -0.379 e. The smallest absolute Gasteiger partial charge is 0.251 e. The molecule has 1 atom stereocenters. The van der Waals surface area contributed by atoms with Crippen molar-refractivity contribution in [1.29, 1.82) is 0 Å². The maximum Gasteiger partial charge on any atom is 0.251 e. The third-order valence-corrected chi connectivity index (χ3v) is 5.48. The quantitative estimate of drug-likeness (QED) is 0.792. The van der Waals surface area contributed by atoms with Crippen LogP contribution in [0.1, 0.15) is 39.0 Å². The first-order chi connectivity index (χ1) is 10.1. The molecule has 21 heavy (non-hydrogen) atoms. The molecule has 0 unspecified atom stereocenters. The van der Waals surface area contributed by atoms with Crippen molar-refractivity contribution in [3.63, 3.8) is 0 Å². The van der Waals surface area contributed by atoms with Crippen LogP contribution < -0.4 is 5.32 Å². The molecule has 0 aromatic heterocycles. The second kappa shape index (κ2) is 6.18. The predicted molar refractivity (Wildman–Crippen MR) is 85.1 cm³/mol. The highest BCUT2D eigenvalue weighted by molar-refractivity contribution is 7.80. The van der Waals surface area contributed by atoms with Crippen LogP contribution in [0.4, 0.5) is 0 Å². The van der Waals surface area contributed by atoms with Crippen LogP contribution in [0.25, 0.3) is 0 Å². The van der Waals surface area contributed by atoms with Gasteiger partial charge in [-0.05, 0) is 32.0 Å². The lowest BCUT2D eigenvalue weighted by molar-refractivity contribution is -0.129. The number of amides is 1. The lowest BCUT2D eigenvalue weighted by Gasteiger charge is -2.49. The van der Waals surface area contributed by atoms with Gasteiger partial charge in [-0.2, -0.15) is 0 Å². The van der Waals surface area contributed by atoms with Gasteiger partial charge >= 0.3 is 0 Å². The van der Waals surface area contributed by atoms with Gasteiger partial charge in [-0.3, -0.25) is 14.6 Å². The van der Waals surface area contributed by atoms with Crippen LogP contribution in [0.3, 0.4) is 0 Å². The first-order valence-corrected chi connectivity index (χ1v) is 8.48. The van der Waals surface area contributed by atoms with E-state index in [1.807, 2.05) is 6.92 Å². The molecule has 0 bridgehead atoms. The van der Waals surface area contributed by atoms with E-state index in [0.29, 0.717) is 5.11 Å². The molecular weight excluding hydrogens is 286 g/mol. The molecule has 2 aliphatic heterocycles. The summed E-state index contributed by atoms with van der Waals surface area (Å²) in [4.78, 5) is 16.7. The van der Waals surface area contributed by atoms with E-state index in [9.17, 15) is 4.79 Å². The summed E-state index contributed by atoms with van der Waals surface area (Å²) >= 11 is 5.36. The second-order valence-corrected chi connectivity index (χ2v) is 6.87. The van der Waals surface area contributed by atoms with E-state index >= 15 is 0 Å². The number of carbonyl (C=O) groups is 1. The van der Waals surface area contributed by atoms with E-state index in [2.05, 4.69) is 10.2 Å². The first-order valence-electron chi connectivity index (χ1n) is 8.07. The van der Waals surface area contributed by atoms with Gasteiger partial charge in [-0.15, -0.1) is 0 Å². The minimum atomic E-state index is -0.178. The van der Waals surface area contributed by atoms with Crippen molar-refractivity contribution in [3.8, 4) is 0 Å². The van der Waals surface area contributed by atoms with E-state index in [0.717, 1.165) is 45.7 Å². The van der Waals surface area contributed by atoms with Gasteiger partial charge in [-0.25, -0.2) is 0 Å². The molecule has 118 valence electrons. The highest BCUT2D eigenvalue weighted by Gasteiger charge is 2.44. The van der Waals surface area contributed by atoms with Crippen molar-refractivity contribution in [1.82, 2.24) is 15.1 Å². The second-order valence-electron chi connectivity index (χ2n) is 6.48. The maximum absolute atomic E-state index is 12.3. The largest absolute Gasteiger partial charge is 0.379 e. The van der Waals surface area contributed by atoms with Gasteiger partial charge in [-0.1, -0.05) is 19.3 Å². The summed E-state index contributed by atoms with van der Waals surface area (Å²) < 4.78 is 5.50. The fourth-order valence-electron chi connectivity index (χ4n) is 3.92. The third-order valence-electron chi connectivity index (χ3n) is 5.14. The van der Waals surface area contributed by atoms with E-state index < -0.39 is 0 Å². The Morgan fingerprint density at radius 1 is 1.29 bits per heavy atom. The third kappa shape index (κ3) is 2.94. The number of thiocarbonyl (C=S) groups is 1. The van der Waals surface area contributed by atoms with Crippen LogP contribution >= 0.6 is 12.2 Å². The fourth-order valence-corrected chi connectivity index (χ4v) is 4.26. The van der Waals surface area contributed by atoms with E-state index in [4.69, 9.17) is 17.0 Å². The van der Waals surface area contributed by atoms with Crippen LogP contribution in [-0.2, 0) is 9.53 Å². The van der Waals surface area contributed by atoms with Gasteiger partial charge in [0.25, 0.3) is 5.91 Å². The zero-order chi connectivity index (χ0) is 14.9. The summed E-state index contributed by atoms with van der Waals surface area (Å²) in [5, 5.41) is 3.69. The van der Waals surface area contributed by atoms with Crippen molar-refractivity contribution >= 4 is 23.2 Å². The molecular formula is C15H25N3O2S. The number of morpholine rings is 1. The lowest BCUT2D eigenvalue weighted by Crippen LogP contribution is -2.60. The molecule has 1 amide bonds. The van der Waals surface area contributed by atoms with Crippen LogP contribution in [-0.4, -0.2) is 65.2 Å². The topological polar surface area (TPSA) is 44.8 Å². The molecule has 3 rings (SSSR count). The zero-order valence-corrected chi connectivity index (χ0v) is 13.6. The van der Waals surface area contributed by atoms with E-state index in [1.54, 1.807) is 4.90 Å². The van der Waals surface area contributed by atoms with Gasteiger partial charge in [0.05, 0.1) is 13.2 Å². The molecule has 0 radical (unpaired) electrons. The monoisotopic (exact) mass is 311 g/mol. The predicted octanol–water partition coefficient (Wildman–Crippen LogP) is 1.13. The average molecular weight is 311 g/mol. The number of nitrogens with one attached hydrogen (secondary N) is 1. The summed E-state index contributed by atoms with van der Waals surface area (Å²) in [6, 6.07) is -0.178. The minimum absolute atomic E-state index is 0.0908. The molecule has 1 N–H and O–H groups in total. The van der Waals surface area contributed by atoms with Gasteiger partial charge in [0, 0.05) is 25.2 Å². The van der Waals surface area contributed by atoms with Crippen LogP contribution in [0.5, 0.6) is 0 Å². The molecule has 3 aliphatic rings. The Kier molecular flexibility index (Phi) is 4.47. The summed E-state index contributed by atoms with van der Waals surface area (Å²) in [5.41, 5.74) is 0.0908. The van der Waals surface area contributed by atoms with Gasteiger partial charge in [0.15, 0.2) is 5.11 Å². The number of carbonyl (C=O) groups excluding carboxylic acids is 1. The summed E-state index contributed by atoms with van der Waals surface area (Å²) in [5.74, 6) is 0.123. The van der Waals surface area contributed by atoms with Crippen molar-refractivity contribution < 1.29 is 9.53 Å². The molecule has 0 aromatic rings. The Bertz CT molecular complexity index is 417. The van der Waals surface area contributed by atoms with Crippen molar-refractivity contribution in [2.45, 2.75) is 50.6 Å². The number of hydrogen-bond acceptors (Lipinski definition) is 4. The summed E-state index contributed by atoms with van der Waals surface area (Å²) in [7, 11) is 0. The van der Waals surface area contributed by atoms with E-state index in [-0.39, 0.29) is 17.5 Å².